The van der Waals surface area contributed by atoms with Crippen LogP contribution in [-0.2, 0) is 0 Å². The Labute approximate surface area is 149 Å². The van der Waals surface area contributed by atoms with Crippen LogP contribution in [0.4, 0.5) is 17.1 Å². The average Bonchev–Trinajstić information content (AvgIpc) is 2.64. The number of nitro groups is 1. The highest BCUT2D eigenvalue weighted by Gasteiger charge is 2.07. The van der Waals surface area contributed by atoms with E-state index < -0.39 is 4.92 Å². The number of non-ortho nitro benzene ring substituents is 1. The van der Waals surface area contributed by atoms with Crippen LogP contribution in [0.1, 0.15) is 5.56 Å². The van der Waals surface area contributed by atoms with E-state index >= 15 is 0 Å². The fourth-order valence-electron chi connectivity index (χ4n) is 2.21. The predicted molar refractivity (Wildman–Crippen MR) is 101 cm³/mol. The number of rotatable bonds is 4. The van der Waals surface area contributed by atoms with Crippen molar-refractivity contribution < 1.29 is 4.92 Å². The quantitative estimate of drug-likeness (QED) is 0.294. The number of nitrogens with one attached hydrogen (secondary N) is 1. The molecule has 0 atom stereocenters. The molecule has 3 aromatic carbocycles. The van der Waals surface area contributed by atoms with Crippen molar-refractivity contribution in [2.45, 2.75) is 0 Å². The molecular formula is C19H14ClN3O2. The summed E-state index contributed by atoms with van der Waals surface area (Å²) < 4.78 is 0. The monoisotopic (exact) mass is 351 g/mol. The predicted octanol–water partition coefficient (Wildman–Crippen LogP) is 5.44. The van der Waals surface area contributed by atoms with Gasteiger partial charge in [-0.3, -0.25) is 10.1 Å². The molecule has 0 fully saturated rings. The Bertz CT molecular complexity index is 892. The summed E-state index contributed by atoms with van der Waals surface area (Å²) in [7, 11) is 0. The largest absolute Gasteiger partial charge is 0.340 e. The first kappa shape index (κ1) is 16.7. The van der Waals surface area contributed by atoms with Gasteiger partial charge >= 0.3 is 0 Å². The molecule has 0 bridgehead atoms. The molecule has 124 valence electrons. The van der Waals surface area contributed by atoms with Gasteiger partial charge in [-0.2, -0.15) is 0 Å². The fraction of sp³-hybridized carbons (Fsp3) is 0. The number of hydrogen-bond donors (Lipinski definition) is 1. The van der Waals surface area contributed by atoms with Gasteiger partial charge in [0, 0.05) is 28.4 Å². The molecule has 0 amide bonds. The summed E-state index contributed by atoms with van der Waals surface area (Å²) in [5.74, 6) is 0.636. The zero-order valence-electron chi connectivity index (χ0n) is 13.1. The van der Waals surface area contributed by atoms with Gasteiger partial charge < -0.3 is 5.32 Å². The number of halogens is 1. The Morgan fingerprint density at radius 2 is 1.56 bits per heavy atom. The van der Waals surface area contributed by atoms with E-state index in [1.54, 1.807) is 24.3 Å². The van der Waals surface area contributed by atoms with Gasteiger partial charge in [0.2, 0.25) is 0 Å². The summed E-state index contributed by atoms with van der Waals surface area (Å²) >= 11 is 5.92. The summed E-state index contributed by atoms with van der Waals surface area (Å²) in [5.41, 5.74) is 2.40. The Hall–Kier alpha value is -3.18. The third kappa shape index (κ3) is 4.43. The fourth-order valence-corrected chi connectivity index (χ4v) is 2.33. The van der Waals surface area contributed by atoms with Crippen molar-refractivity contribution >= 4 is 34.5 Å². The van der Waals surface area contributed by atoms with E-state index in [1.165, 1.54) is 12.1 Å². The first-order chi connectivity index (χ1) is 12.1. The van der Waals surface area contributed by atoms with Crippen LogP contribution in [0.2, 0.25) is 5.02 Å². The van der Waals surface area contributed by atoms with Crippen molar-refractivity contribution in [2.24, 2.45) is 4.99 Å². The van der Waals surface area contributed by atoms with Crippen molar-refractivity contribution in [1.29, 1.82) is 0 Å². The van der Waals surface area contributed by atoms with Gasteiger partial charge in [0.15, 0.2) is 0 Å². The molecule has 1 N–H and O–H groups in total. The summed E-state index contributed by atoms with van der Waals surface area (Å²) in [6.45, 7) is 0. The van der Waals surface area contributed by atoms with Crippen molar-refractivity contribution in [1.82, 2.24) is 0 Å². The minimum absolute atomic E-state index is 0.0430. The van der Waals surface area contributed by atoms with E-state index in [4.69, 9.17) is 11.6 Å². The minimum atomic E-state index is -0.427. The molecule has 3 aromatic rings. The highest BCUT2D eigenvalue weighted by atomic mass is 35.5. The van der Waals surface area contributed by atoms with E-state index in [9.17, 15) is 10.1 Å². The van der Waals surface area contributed by atoms with Gasteiger partial charge in [0.05, 0.1) is 10.6 Å². The number of aliphatic imine (C=N–C) groups is 1. The molecule has 0 aliphatic heterocycles. The Morgan fingerprint density at radius 1 is 0.920 bits per heavy atom. The number of anilines is 1. The molecule has 0 saturated carbocycles. The van der Waals surface area contributed by atoms with Crippen molar-refractivity contribution in [3.05, 3.63) is 99.6 Å². The van der Waals surface area contributed by atoms with Gasteiger partial charge in [0.25, 0.3) is 5.69 Å². The molecule has 0 aliphatic carbocycles. The van der Waals surface area contributed by atoms with Crippen LogP contribution in [0.5, 0.6) is 0 Å². The van der Waals surface area contributed by atoms with E-state index in [-0.39, 0.29) is 5.69 Å². The van der Waals surface area contributed by atoms with Crippen LogP contribution in [0.25, 0.3) is 0 Å². The minimum Gasteiger partial charge on any atom is -0.340 e. The first-order valence-electron chi connectivity index (χ1n) is 7.53. The lowest BCUT2D eigenvalue weighted by atomic mass is 10.2. The average molecular weight is 352 g/mol. The van der Waals surface area contributed by atoms with Crippen LogP contribution in [-0.4, -0.2) is 10.8 Å². The molecule has 0 spiro atoms. The lowest BCUT2D eigenvalue weighted by molar-refractivity contribution is -0.384. The van der Waals surface area contributed by atoms with Crippen LogP contribution in [0, 0.1) is 10.1 Å². The van der Waals surface area contributed by atoms with Crippen LogP contribution >= 0.6 is 11.6 Å². The molecule has 0 aromatic heterocycles. The molecular weight excluding hydrogens is 338 g/mol. The molecule has 25 heavy (non-hydrogen) atoms. The lowest BCUT2D eigenvalue weighted by Crippen LogP contribution is -2.13. The van der Waals surface area contributed by atoms with E-state index in [0.29, 0.717) is 16.5 Å². The second kappa shape index (κ2) is 7.59. The zero-order valence-corrected chi connectivity index (χ0v) is 13.9. The maximum Gasteiger partial charge on any atom is 0.269 e. The normalized spacial score (nSPS) is 11.2. The van der Waals surface area contributed by atoms with Gasteiger partial charge in [-0.1, -0.05) is 41.9 Å². The zero-order chi connectivity index (χ0) is 17.6. The van der Waals surface area contributed by atoms with Gasteiger partial charge in [-0.25, -0.2) is 4.99 Å². The van der Waals surface area contributed by atoms with Gasteiger partial charge in [-0.15, -0.1) is 0 Å². The standard InChI is InChI=1S/C19H14ClN3O2/c20-15-6-8-16(9-7-15)21-19(14-4-2-1-3-5-14)22-17-10-12-18(13-11-17)23(24)25/h1-13H,(H,21,22). The Kier molecular flexibility index (Phi) is 5.06. The van der Waals surface area contributed by atoms with E-state index in [1.807, 2.05) is 42.5 Å². The lowest BCUT2D eigenvalue weighted by Gasteiger charge is -2.10. The topological polar surface area (TPSA) is 67.5 Å². The maximum atomic E-state index is 10.8. The number of nitro benzene ring substituents is 1. The Morgan fingerprint density at radius 3 is 2.16 bits per heavy atom. The van der Waals surface area contributed by atoms with Crippen LogP contribution < -0.4 is 5.32 Å². The molecule has 3 rings (SSSR count). The molecule has 0 radical (unpaired) electrons. The summed E-state index contributed by atoms with van der Waals surface area (Å²) in [6, 6.07) is 23.0. The molecule has 6 heteroatoms. The van der Waals surface area contributed by atoms with Crippen molar-refractivity contribution in [2.75, 3.05) is 5.32 Å². The van der Waals surface area contributed by atoms with Crippen LogP contribution in [0.15, 0.2) is 83.9 Å². The van der Waals surface area contributed by atoms with Gasteiger partial charge in [0.1, 0.15) is 5.84 Å². The highest BCUT2D eigenvalue weighted by Crippen LogP contribution is 2.20. The molecule has 0 unspecified atom stereocenters. The second-order valence-electron chi connectivity index (χ2n) is 5.23. The third-order valence-corrected chi connectivity index (χ3v) is 3.71. The van der Waals surface area contributed by atoms with Gasteiger partial charge in [-0.05, 0) is 36.4 Å². The van der Waals surface area contributed by atoms with Crippen molar-refractivity contribution in [3.63, 3.8) is 0 Å². The first-order valence-corrected chi connectivity index (χ1v) is 7.91. The Balaban J connectivity index is 1.94. The molecule has 5 nitrogen and oxygen atoms in total. The van der Waals surface area contributed by atoms with E-state index in [2.05, 4.69) is 10.3 Å². The number of hydrogen-bond acceptors (Lipinski definition) is 3. The highest BCUT2D eigenvalue weighted by molar-refractivity contribution is 6.30. The summed E-state index contributed by atoms with van der Waals surface area (Å²) in [6.07, 6.45) is 0. The van der Waals surface area contributed by atoms with Crippen molar-refractivity contribution in [3.8, 4) is 0 Å². The van der Waals surface area contributed by atoms with Crippen LogP contribution in [0.3, 0.4) is 0 Å². The summed E-state index contributed by atoms with van der Waals surface area (Å²) in [4.78, 5) is 15.0. The number of amidine groups is 1. The second-order valence-corrected chi connectivity index (χ2v) is 5.67. The SMILES string of the molecule is O=[N+]([O-])c1ccc(N/C(=N/c2ccc(Cl)cc2)c2ccccc2)cc1. The maximum absolute atomic E-state index is 10.8. The summed E-state index contributed by atoms with van der Waals surface area (Å²) in [5, 5.41) is 14.6. The number of nitrogens with zero attached hydrogens (tertiary/aromatic N) is 2. The molecule has 0 aliphatic rings. The van der Waals surface area contributed by atoms with E-state index in [0.717, 1.165) is 11.3 Å². The third-order valence-electron chi connectivity index (χ3n) is 3.46. The molecule has 0 saturated heterocycles. The number of benzene rings is 3. The molecule has 0 heterocycles. The smallest absolute Gasteiger partial charge is 0.269 e.